The molecule has 0 aliphatic heterocycles. The lowest BCUT2D eigenvalue weighted by Gasteiger charge is -1.97. The Morgan fingerprint density at radius 1 is 0.913 bits per heavy atom. The number of ether oxygens (including phenoxy) is 1. The molecule has 0 saturated heterocycles. The van der Waals surface area contributed by atoms with Gasteiger partial charge in [-0.15, -0.1) is 0 Å². The maximum atomic E-state index is 5.12. The highest BCUT2D eigenvalue weighted by Crippen LogP contribution is 2.10. The first kappa shape index (κ1) is 14.4. The molecule has 0 spiro atoms. The highest BCUT2D eigenvalue weighted by Gasteiger charge is 1.99. The maximum Gasteiger partial charge on any atom is 0.147 e. The zero-order chi connectivity index (χ0) is 15.9. The number of aromatic nitrogens is 3. The number of H-pyrrole nitrogens is 1. The number of nitrogens with zero attached hydrogens (tertiary/aromatic N) is 2. The molecule has 23 heavy (non-hydrogen) atoms. The Kier molecular flexibility index (Phi) is 4.38. The zero-order valence-corrected chi connectivity index (χ0v) is 12.5. The number of imidazole rings is 1. The van der Waals surface area contributed by atoms with Gasteiger partial charge < -0.3 is 9.72 Å². The third-order valence-electron chi connectivity index (χ3n) is 3.04. The van der Waals surface area contributed by atoms with Crippen LogP contribution < -0.4 is 4.74 Å². The van der Waals surface area contributed by atoms with E-state index in [1.807, 2.05) is 42.5 Å². The number of hydrogen-bond acceptors (Lipinski definition) is 3. The number of methoxy groups -OCH3 is 1. The van der Waals surface area contributed by atoms with Crippen molar-refractivity contribution in [2.24, 2.45) is 0 Å². The third-order valence-corrected chi connectivity index (χ3v) is 3.04. The van der Waals surface area contributed by atoms with Crippen LogP contribution in [0.25, 0.3) is 0 Å². The van der Waals surface area contributed by atoms with Gasteiger partial charge in [0, 0.05) is 11.8 Å². The Morgan fingerprint density at radius 3 is 2.52 bits per heavy atom. The van der Waals surface area contributed by atoms with Crippen molar-refractivity contribution < 1.29 is 4.74 Å². The first-order valence-electron chi connectivity index (χ1n) is 6.97. The molecule has 0 aliphatic carbocycles. The van der Waals surface area contributed by atoms with E-state index in [4.69, 9.17) is 4.74 Å². The number of nitrogens with one attached hydrogen (secondary N) is 1. The Labute approximate surface area is 134 Å². The van der Waals surface area contributed by atoms with Gasteiger partial charge in [-0.2, -0.15) is 0 Å². The normalized spacial score (nSPS) is 9.26. The summed E-state index contributed by atoms with van der Waals surface area (Å²) < 4.78 is 5.12. The molecule has 0 atom stereocenters. The summed E-state index contributed by atoms with van der Waals surface area (Å²) >= 11 is 0. The summed E-state index contributed by atoms with van der Waals surface area (Å²) in [5.74, 6) is 12.9. The molecule has 0 fully saturated rings. The average molecular weight is 299 g/mol. The van der Waals surface area contributed by atoms with Crippen LogP contribution in [-0.2, 0) is 0 Å². The van der Waals surface area contributed by atoms with Crippen molar-refractivity contribution in [3.05, 3.63) is 77.6 Å². The molecule has 0 aliphatic rings. The van der Waals surface area contributed by atoms with E-state index in [2.05, 4.69) is 38.6 Å². The van der Waals surface area contributed by atoms with E-state index < -0.39 is 0 Å². The van der Waals surface area contributed by atoms with E-state index in [9.17, 15) is 0 Å². The topological polar surface area (TPSA) is 50.8 Å². The number of pyridine rings is 1. The quantitative estimate of drug-likeness (QED) is 0.703. The van der Waals surface area contributed by atoms with Crippen LogP contribution in [0.15, 0.2) is 55.0 Å². The fourth-order valence-corrected chi connectivity index (χ4v) is 1.85. The first-order chi connectivity index (χ1) is 11.3. The Balaban J connectivity index is 1.82. The van der Waals surface area contributed by atoms with E-state index in [1.165, 1.54) is 0 Å². The summed E-state index contributed by atoms with van der Waals surface area (Å²) in [7, 11) is 1.64. The van der Waals surface area contributed by atoms with Crippen molar-refractivity contribution in [1.29, 1.82) is 0 Å². The predicted octanol–water partition coefficient (Wildman–Crippen LogP) is 2.61. The zero-order valence-electron chi connectivity index (χ0n) is 12.5. The lowest BCUT2D eigenvalue weighted by molar-refractivity contribution is 0.415. The number of hydrogen-bond donors (Lipinski definition) is 1. The smallest absolute Gasteiger partial charge is 0.147 e. The molecule has 0 bridgehead atoms. The van der Waals surface area contributed by atoms with Crippen molar-refractivity contribution in [2.45, 2.75) is 0 Å². The predicted molar refractivity (Wildman–Crippen MR) is 87.8 cm³/mol. The van der Waals surface area contributed by atoms with Gasteiger partial charge in [0.05, 0.1) is 13.4 Å². The van der Waals surface area contributed by atoms with Crippen molar-refractivity contribution >= 4 is 0 Å². The van der Waals surface area contributed by atoms with Crippen LogP contribution in [0.1, 0.15) is 22.6 Å². The molecule has 0 amide bonds. The molecule has 1 N–H and O–H groups in total. The molecule has 4 nitrogen and oxygen atoms in total. The van der Waals surface area contributed by atoms with Gasteiger partial charge in [-0.3, -0.25) is 0 Å². The maximum absolute atomic E-state index is 5.12. The van der Waals surface area contributed by atoms with E-state index in [-0.39, 0.29) is 0 Å². The van der Waals surface area contributed by atoms with Crippen LogP contribution in [0, 0.1) is 23.7 Å². The minimum atomic E-state index is 0.615. The molecule has 2 aromatic heterocycles. The largest absolute Gasteiger partial charge is 0.497 e. The van der Waals surface area contributed by atoms with E-state index in [0.29, 0.717) is 17.1 Å². The van der Waals surface area contributed by atoms with Crippen molar-refractivity contribution in [3.63, 3.8) is 0 Å². The lowest BCUT2D eigenvalue weighted by atomic mass is 10.2. The van der Waals surface area contributed by atoms with E-state index in [0.717, 1.165) is 11.3 Å². The Morgan fingerprint density at radius 2 is 1.78 bits per heavy atom. The monoisotopic (exact) mass is 299 g/mol. The fraction of sp³-hybridized carbons (Fsp3) is 0.0526. The van der Waals surface area contributed by atoms with Crippen LogP contribution in [0.5, 0.6) is 5.75 Å². The Bertz CT molecular complexity index is 904. The van der Waals surface area contributed by atoms with Crippen molar-refractivity contribution in [2.75, 3.05) is 7.11 Å². The fourth-order valence-electron chi connectivity index (χ4n) is 1.85. The summed E-state index contributed by atoms with van der Waals surface area (Å²) in [4.78, 5) is 11.4. The summed E-state index contributed by atoms with van der Waals surface area (Å²) in [6.45, 7) is 0. The molecule has 2 heterocycles. The minimum absolute atomic E-state index is 0.615. The highest BCUT2D eigenvalue weighted by atomic mass is 16.5. The standard InChI is InChI=1S/C19H13N3O/c1-23-17-9-5-15(6-10-17)7-11-18-19(22-14-21-18)12-8-16-4-2-3-13-20-16/h2-6,9-10,13-14H,1H3,(H,21,22). The second kappa shape index (κ2) is 6.98. The molecule has 3 aromatic rings. The third kappa shape index (κ3) is 3.78. The molecule has 3 rings (SSSR count). The molecular formula is C19H13N3O. The molecule has 0 unspecified atom stereocenters. The van der Waals surface area contributed by atoms with Gasteiger partial charge in [0.25, 0.3) is 0 Å². The van der Waals surface area contributed by atoms with Crippen LogP contribution in [-0.4, -0.2) is 22.1 Å². The SMILES string of the molecule is COc1ccc(C#Cc2nc[nH]c2C#Cc2ccccn2)cc1. The van der Waals surface area contributed by atoms with Gasteiger partial charge in [-0.05, 0) is 54.2 Å². The minimum Gasteiger partial charge on any atom is -0.497 e. The van der Waals surface area contributed by atoms with Gasteiger partial charge in [0.15, 0.2) is 0 Å². The van der Waals surface area contributed by atoms with Gasteiger partial charge in [0.2, 0.25) is 0 Å². The van der Waals surface area contributed by atoms with Crippen LogP contribution in [0.2, 0.25) is 0 Å². The molecule has 0 saturated carbocycles. The summed E-state index contributed by atoms with van der Waals surface area (Å²) in [6, 6.07) is 13.1. The molecular weight excluding hydrogens is 286 g/mol. The highest BCUT2D eigenvalue weighted by molar-refractivity contribution is 5.48. The van der Waals surface area contributed by atoms with Gasteiger partial charge in [-0.1, -0.05) is 12.0 Å². The second-order valence-electron chi connectivity index (χ2n) is 4.57. The van der Waals surface area contributed by atoms with Crippen LogP contribution in [0.4, 0.5) is 0 Å². The number of aromatic amines is 1. The summed E-state index contributed by atoms with van der Waals surface area (Å²) in [6.07, 6.45) is 3.29. The van der Waals surface area contributed by atoms with E-state index >= 15 is 0 Å². The lowest BCUT2D eigenvalue weighted by Crippen LogP contribution is -1.84. The van der Waals surface area contributed by atoms with Gasteiger partial charge in [-0.25, -0.2) is 9.97 Å². The number of benzene rings is 1. The van der Waals surface area contributed by atoms with E-state index in [1.54, 1.807) is 19.6 Å². The second-order valence-corrected chi connectivity index (χ2v) is 4.57. The molecule has 4 heteroatoms. The first-order valence-corrected chi connectivity index (χ1v) is 6.97. The van der Waals surface area contributed by atoms with Gasteiger partial charge in [0.1, 0.15) is 22.8 Å². The average Bonchev–Trinajstić information content (AvgIpc) is 3.07. The number of rotatable bonds is 1. The Hall–Kier alpha value is -3.50. The summed E-state index contributed by atoms with van der Waals surface area (Å²) in [5, 5.41) is 0. The van der Waals surface area contributed by atoms with Crippen molar-refractivity contribution in [1.82, 2.24) is 15.0 Å². The molecule has 110 valence electrons. The van der Waals surface area contributed by atoms with Crippen LogP contribution in [0.3, 0.4) is 0 Å². The van der Waals surface area contributed by atoms with Crippen molar-refractivity contribution in [3.8, 4) is 29.4 Å². The van der Waals surface area contributed by atoms with Crippen LogP contribution >= 0.6 is 0 Å². The molecule has 0 radical (unpaired) electrons. The summed E-state index contributed by atoms with van der Waals surface area (Å²) in [5.41, 5.74) is 2.88. The van der Waals surface area contributed by atoms with Gasteiger partial charge >= 0.3 is 0 Å². The molecule has 1 aromatic carbocycles.